The van der Waals surface area contributed by atoms with E-state index in [0.29, 0.717) is 25.5 Å². The first-order chi connectivity index (χ1) is 12.3. The van der Waals surface area contributed by atoms with Crippen LogP contribution in [0.3, 0.4) is 0 Å². The molecule has 1 atom stereocenters. The number of rotatable bonds is 4. The van der Waals surface area contributed by atoms with Gasteiger partial charge in [-0.2, -0.15) is 0 Å². The summed E-state index contributed by atoms with van der Waals surface area (Å²) in [7, 11) is 0. The molecule has 1 unspecified atom stereocenters. The van der Waals surface area contributed by atoms with E-state index in [2.05, 4.69) is 15.6 Å². The van der Waals surface area contributed by atoms with Gasteiger partial charge in [-0.05, 0) is 29.8 Å². The molecule has 3 aromatic rings. The molecule has 2 aromatic carbocycles. The Bertz CT molecular complexity index is 863. The van der Waals surface area contributed by atoms with Crippen LogP contribution in [0.25, 0.3) is 10.9 Å². The Kier molecular flexibility index (Phi) is 4.54. The summed E-state index contributed by atoms with van der Waals surface area (Å²) in [6.45, 7) is 2.76. The minimum absolute atomic E-state index is 0.148. The number of ether oxygens (including phenoxy) is 1. The van der Waals surface area contributed by atoms with Crippen LogP contribution < -0.4 is 10.6 Å². The van der Waals surface area contributed by atoms with Crippen LogP contribution in [-0.4, -0.2) is 29.7 Å². The van der Waals surface area contributed by atoms with Crippen LogP contribution in [-0.2, 0) is 11.3 Å². The number of hydrogen-bond donors (Lipinski definition) is 2. The van der Waals surface area contributed by atoms with Crippen molar-refractivity contribution in [3.8, 4) is 0 Å². The molecule has 0 aliphatic carbocycles. The van der Waals surface area contributed by atoms with Crippen molar-refractivity contribution in [3.05, 3.63) is 65.7 Å². The molecule has 0 saturated carbocycles. The molecule has 1 aliphatic rings. The van der Waals surface area contributed by atoms with Gasteiger partial charge in [0.25, 0.3) is 0 Å². The van der Waals surface area contributed by atoms with Crippen molar-refractivity contribution in [1.29, 1.82) is 0 Å². The number of aromatic nitrogens is 2. The van der Waals surface area contributed by atoms with E-state index in [1.807, 2.05) is 24.3 Å². The molecule has 0 bridgehead atoms. The Labute approximate surface area is 145 Å². The van der Waals surface area contributed by atoms with Crippen molar-refractivity contribution in [3.63, 3.8) is 0 Å². The maximum absolute atomic E-state index is 13.1. The highest BCUT2D eigenvalue weighted by Crippen LogP contribution is 2.24. The molecule has 1 aromatic heterocycles. The molecule has 128 valence electrons. The molecule has 1 saturated heterocycles. The van der Waals surface area contributed by atoms with E-state index < -0.39 is 0 Å². The highest BCUT2D eigenvalue weighted by molar-refractivity contribution is 5.89. The van der Waals surface area contributed by atoms with Gasteiger partial charge in [-0.25, -0.2) is 14.4 Å². The zero-order valence-electron chi connectivity index (χ0n) is 13.7. The van der Waals surface area contributed by atoms with Crippen LogP contribution in [0, 0.1) is 5.82 Å². The molecular formula is C19H19FN4O. The number of morpholine rings is 1. The third kappa shape index (κ3) is 3.60. The van der Waals surface area contributed by atoms with E-state index in [-0.39, 0.29) is 11.9 Å². The van der Waals surface area contributed by atoms with Crippen molar-refractivity contribution < 1.29 is 9.13 Å². The van der Waals surface area contributed by atoms with Crippen LogP contribution in [0.5, 0.6) is 0 Å². The number of para-hydroxylation sites is 1. The summed E-state index contributed by atoms with van der Waals surface area (Å²) in [5.41, 5.74) is 1.87. The molecule has 0 spiro atoms. The van der Waals surface area contributed by atoms with Crippen LogP contribution in [0.2, 0.25) is 0 Å². The predicted octanol–water partition coefficient (Wildman–Crippen LogP) is 3.04. The number of fused-ring (bicyclic) bond motifs is 1. The quantitative estimate of drug-likeness (QED) is 0.766. The molecule has 2 heterocycles. The van der Waals surface area contributed by atoms with E-state index >= 15 is 0 Å². The Morgan fingerprint density at radius 3 is 2.76 bits per heavy atom. The fraction of sp³-hybridized carbons (Fsp3) is 0.263. The number of nitrogens with one attached hydrogen (secondary N) is 2. The number of halogens is 1. The van der Waals surface area contributed by atoms with Gasteiger partial charge in [0.2, 0.25) is 0 Å². The fourth-order valence-corrected chi connectivity index (χ4v) is 2.89. The first kappa shape index (κ1) is 15.9. The normalized spacial score (nSPS) is 17.6. The van der Waals surface area contributed by atoms with E-state index in [9.17, 15) is 4.39 Å². The highest BCUT2D eigenvalue weighted by atomic mass is 19.1. The molecular weight excluding hydrogens is 319 g/mol. The summed E-state index contributed by atoms with van der Waals surface area (Å²) < 4.78 is 18.8. The predicted molar refractivity (Wildman–Crippen MR) is 94.8 cm³/mol. The van der Waals surface area contributed by atoms with Crippen molar-refractivity contribution in [2.75, 3.05) is 25.0 Å². The molecule has 5 nitrogen and oxygen atoms in total. The van der Waals surface area contributed by atoms with Gasteiger partial charge in [-0.15, -0.1) is 0 Å². The van der Waals surface area contributed by atoms with E-state index in [0.717, 1.165) is 28.8 Å². The minimum atomic E-state index is -0.236. The average Bonchev–Trinajstić information content (AvgIpc) is 2.68. The standard InChI is InChI=1S/C19H19FN4O/c20-14-7-5-13(6-8-14)11-22-18-15-3-1-2-4-16(15)23-19(24-18)17-12-21-9-10-25-17/h1-8,17,21H,9-12H2,(H,22,23,24). The zero-order chi connectivity index (χ0) is 17.1. The van der Waals surface area contributed by atoms with Gasteiger partial charge >= 0.3 is 0 Å². The number of nitrogens with zero attached hydrogens (tertiary/aromatic N) is 2. The van der Waals surface area contributed by atoms with Crippen LogP contribution in [0.4, 0.5) is 10.2 Å². The Morgan fingerprint density at radius 2 is 1.96 bits per heavy atom. The highest BCUT2D eigenvalue weighted by Gasteiger charge is 2.20. The van der Waals surface area contributed by atoms with Crippen LogP contribution in [0.1, 0.15) is 17.5 Å². The molecule has 6 heteroatoms. The number of anilines is 1. The second-order valence-corrected chi connectivity index (χ2v) is 5.99. The van der Waals surface area contributed by atoms with E-state index in [1.165, 1.54) is 12.1 Å². The lowest BCUT2D eigenvalue weighted by molar-refractivity contribution is 0.0224. The van der Waals surface area contributed by atoms with E-state index in [4.69, 9.17) is 9.72 Å². The molecule has 1 aliphatic heterocycles. The lowest BCUT2D eigenvalue weighted by Crippen LogP contribution is -2.34. The van der Waals surface area contributed by atoms with Crippen molar-refractivity contribution in [2.45, 2.75) is 12.6 Å². The Balaban J connectivity index is 1.64. The Hall–Kier alpha value is -2.57. The molecule has 2 N–H and O–H groups in total. The minimum Gasteiger partial charge on any atom is -0.368 e. The Morgan fingerprint density at radius 1 is 1.12 bits per heavy atom. The lowest BCUT2D eigenvalue weighted by Gasteiger charge is -2.23. The largest absolute Gasteiger partial charge is 0.368 e. The summed E-state index contributed by atoms with van der Waals surface area (Å²) in [5, 5.41) is 7.61. The molecule has 0 radical (unpaired) electrons. The second kappa shape index (κ2) is 7.13. The van der Waals surface area contributed by atoms with Gasteiger partial charge in [-0.1, -0.05) is 24.3 Å². The van der Waals surface area contributed by atoms with Gasteiger partial charge in [0.1, 0.15) is 17.7 Å². The topological polar surface area (TPSA) is 59.1 Å². The summed E-state index contributed by atoms with van der Waals surface area (Å²) >= 11 is 0. The van der Waals surface area contributed by atoms with Crippen LogP contribution >= 0.6 is 0 Å². The number of hydrogen-bond acceptors (Lipinski definition) is 5. The van der Waals surface area contributed by atoms with Crippen molar-refractivity contribution >= 4 is 16.7 Å². The SMILES string of the molecule is Fc1ccc(CNc2nc(C3CNCCO3)nc3ccccc23)cc1. The van der Waals surface area contributed by atoms with Gasteiger partial charge in [0.15, 0.2) is 5.82 Å². The van der Waals surface area contributed by atoms with Gasteiger partial charge in [-0.3, -0.25) is 0 Å². The maximum atomic E-state index is 13.1. The second-order valence-electron chi connectivity index (χ2n) is 5.99. The smallest absolute Gasteiger partial charge is 0.161 e. The van der Waals surface area contributed by atoms with Crippen molar-refractivity contribution in [2.24, 2.45) is 0 Å². The van der Waals surface area contributed by atoms with E-state index in [1.54, 1.807) is 12.1 Å². The summed E-state index contributed by atoms with van der Waals surface area (Å²) in [5.74, 6) is 1.20. The molecule has 25 heavy (non-hydrogen) atoms. The number of benzene rings is 2. The van der Waals surface area contributed by atoms with Crippen LogP contribution in [0.15, 0.2) is 48.5 Å². The summed E-state index contributed by atoms with van der Waals surface area (Å²) in [6.07, 6.45) is -0.148. The first-order valence-corrected chi connectivity index (χ1v) is 8.37. The van der Waals surface area contributed by atoms with Gasteiger partial charge in [0, 0.05) is 25.0 Å². The summed E-state index contributed by atoms with van der Waals surface area (Å²) in [6, 6.07) is 14.3. The zero-order valence-corrected chi connectivity index (χ0v) is 13.7. The lowest BCUT2D eigenvalue weighted by atomic mass is 10.2. The van der Waals surface area contributed by atoms with Gasteiger partial charge in [0.05, 0.1) is 12.1 Å². The van der Waals surface area contributed by atoms with Gasteiger partial charge < -0.3 is 15.4 Å². The third-order valence-electron chi connectivity index (χ3n) is 4.21. The third-order valence-corrected chi connectivity index (χ3v) is 4.21. The molecule has 0 amide bonds. The van der Waals surface area contributed by atoms with Crippen molar-refractivity contribution in [1.82, 2.24) is 15.3 Å². The fourth-order valence-electron chi connectivity index (χ4n) is 2.89. The molecule has 4 rings (SSSR count). The first-order valence-electron chi connectivity index (χ1n) is 8.37. The maximum Gasteiger partial charge on any atom is 0.161 e. The average molecular weight is 338 g/mol. The monoisotopic (exact) mass is 338 g/mol. The summed E-state index contributed by atoms with van der Waals surface area (Å²) in [4.78, 5) is 9.36. The molecule has 1 fully saturated rings.